The Labute approximate surface area is 128 Å². The number of hydrogen-bond donors (Lipinski definition) is 2. The van der Waals surface area contributed by atoms with E-state index in [-0.39, 0.29) is 24.5 Å². The van der Waals surface area contributed by atoms with Crippen LogP contribution in [0.1, 0.15) is 12.5 Å². The topological polar surface area (TPSA) is 111 Å². The van der Waals surface area contributed by atoms with E-state index in [1.54, 1.807) is 13.4 Å². The lowest BCUT2D eigenvalue weighted by Crippen LogP contribution is -2.12. The monoisotopic (exact) mass is 303 g/mol. The standard InChI is InChI=1S/C14H19N6O2/c1-22-5-4-16-12-11-13(19-14(15)18-12)20(8-17-11)10-3-2-9(6-10)7-21/h2-3,8-10H,4-7H2,1H3,(H3,15,16,18,19)/t9-,10+/m1/s1. The van der Waals surface area contributed by atoms with Gasteiger partial charge in [-0.1, -0.05) is 12.2 Å². The number of anilines is 2. The minimum atomic E-state index is -0.0967. The molecule has 3 N–H and O–H groups in total. The zero-order chi connectivity index (χ0) is 15.5. The van der Waals surface area contributed by atoms with E-state index in [0.29, 0.717) is 30.1 Å². The van der Waals surface area contributed by atoms with Crippen molar-refractivity contribution >= 4 is 22.9 Å². The second kappa shape index (κ2) is 6.29. The van der Waals surface area contributed by atoms with Gasteiger partial charge in [-0.2, -0.15) is 9.97 Å². The Balaban J connectivity index is 1.92. The van der Waals surface area contributed by atoms with Gasteiger partial charge in [-0.25, -0.2) is 10.1 Å². The molecule has 0 aliphatic heterocycles. The van der Waals surface area contributed by atoms with Crippen molar-refractivity contribution in [2.24, 2.45) is 5.92 Å². The molecule has 0 amide bonds. The van der Waals surface area contributed by atoms with E-state index in [1.807, 2.05) is 16.7 Å². The summed E-state index contributed by atoms with van der Waals surface area (Å²) in [5, 5.41) is 14.2. The van der Waals surface area contributed by atoms with Gasteiger partial charge in [0.15, 0.2) is 17.0 Å². The maximum atomic E-state index is 11.0. The molecule has 2 heterocycles. The maximum absolute atomic E-state index is 11.0. The molecule has 2 atom stereocenters. The molecule has 8 nitrogen and oxygen atoms in total. The summed E-state index contributed by atoms with van der Waals surface area (Å²) in [6.07, 6.45) is 6.49. The Hall–Kier alpha value is -2.19. The van der Waals surface area contributed by atoms with Crippen LogP contribution in [0, 0.1) is 5.92 Å². The van der Waals surface area contributed by atoms with Crippen LogP contribution in [-0.4, -0.2) is 46.4 Å². The summed E-state index contributed by atoms with van der Waals surface area (Å²) in [4.78, 5) is 12.9. The molecule has 1 aliphatic carbocycles. The summed E-state index contributed by atoms with van der Waals surface area (Å²) >= 11 is 0. The molecule has 8 heteroatoms. The Kier molecular flexibility index (Phi) is 4.21. The molecule has 0 spiro atoms. The molecular weight excluding hydrogens is 284 g/mol. The van der Waals surface area contributed by atoms with Gasteiger partial charge in [-0.05, 0) is 6.42 Å². The summed E-state index contributed by atoms with van der Waals surface area (Å²) < 4.78 is 6.96. The van der Waals surface area contributed by atoms with E-state index < -0.39 is 0 Å². The van der Waals surface area contributed by atoms with Crippen LogP contribution in [0.3, 0.4) is 0 Å². The molecule has 22 heavy (non-hydrogen) atoms. The first-order chi connectivity index (χ1) is 10.7. The molecule has 1 aliphatic rings. The molecular formula is C14H19N6O2. The van der Waals surface area contributed by atoms with Gasteiger partial charge in [0.05, 0.1) is 25.6 Å². The highest BCUT2D eigenvalue weighted by Crippen LogP contribution is 2.31. The third kappa shape index (κ3) is 2.75. The molecule has 2 aromatic heterocycles. The maximum Gasteiger partial charge on any atom is 0.224 e. The number of methoxy groups -OCH3 is 1. The lowest BCUT2D eigenvalue weighted by molar-refractivity contribution is 0.158. The predicted octanol–water partition coefficient (Wildman–Crippen LogP) is 1.01. The van der Waals surface area contributed by atoms with Crippen molar-refractivity contribution in [2.75, 3.05) is 37.9 Å². The van der Waals surface area contributed by atoms with Crippen molar-refractivity contribution in [2.45, 2.75) is 12.5 Å². The Morgan fingerprint density at radius 3 is 3.05 bits per heavy atom. The van der Waals surface area contributed by atoms with Gasteiger partial charge in [-0.3, -0.25) is 0 Å². The highest BCUT2D eigenvalue weighted by molar-refractivity contribution is 5.84. The van der Waals surface area contributed by atoms with Gasteiger partial charge in [-0.15, -0.1) is 0 Å². The highest BCUT2D eigenvalue weighted by Gasteiger charge is 2.23. The second-order valence-electron chi connectivity index (χ2n) is 5.29. The van der Waals surface area contributed by atoms with Crippen LogP contribution in [-0.2, 0) is 9.84 Å². The Morgan fingerprint density at radius 2 is 2.32 bits per heavy atom. The van der Waals surface area contributed by atoms with Gasteiger partial charge < -0.3 is 20.4 Å². The molecule has 2 aromatic rings. The predicted molar refractivity (Wildman–Crippen MR) is 81.9 cm³/mol. The van der Waals surface area contributed by atoms with E-state index in [4.69, 9.17) is 10.5 Å². The quantitative estimate of drug-likeness (QED) is 0.608. The number of nitrogen functional groups attached to an aromatic ring is 1. The minimum absolute atomic E-state index is 0.0703. The van der Waals surface area contributed by atoms with Crippen molar-refractivity contribution in [1.82, 2.24) is 19.5 Å². The number of allylic oxidation sites excluding steroid dienone is 1. The van der Waals surface area contributed by atoms with Crippen molar-refractivity contribution in [3.05, 3.63) is 18.5 Å². The molecule has 0 fully saturated rings. The third-order valence-corrected chi connectivity index (χ3v) is 3.76. The second-order valence-corrected chi connectivity index (χ2v) is 5.29. The number of nitrogens with one attached hydrogen (secondary N) is 1. The zero-order valence-electron chi connectivity index (χ0n) is 12.4. The molecule has 0 aromatic carbocycles. The first-order valence-electron chi connectivity index (χ1n) is 7.22. The molecule has 1 radical (unpaired) electrons. The normalized spacial score (nSPS) is 20.8. The number of nitrogens with two attached hydrogens (primary N) is 1. The average Bonchev–Trinajstić information content (AvgIpc) is 3.13. The van der Waals surface area contributed by atoms with Gasteiger partial charge in [0.25, 0.3) is 0 Å². The van der Waals surface area contributed by atoms with Crippen molar-refractivity contribution in [3.8, 4) is 0 Å². The molecule has 0 saturated carbocycles. The van der Waals surface area contributed by atoms with Crippen molar-refractivity contribution in [3.63, 3.8) is 0 Å². The lowest BCUT2D eigenvalue weighted by atomic mass is 10.1. The van der Waals surface area contributed by atoms with Crippen LogP contribution in [0.5, 0.6) is 0 Å². The number of rotatable bonds is 6. The van der Waals surface area contributed by atoms with Crippen LogP contribution >= 0.6 is 0 Å². The van der Waals surface area contributed by atoms with Crippen LogP contribution in [0.4, 0.5) is 11.8 Å². The van der Waals surface area contributed by atoms with Gasteiger partial charge >= 0.3 is 0 Å². The molecule has 0 unspecified atom stereocenters. The fourth-order valence-electron chi connectivity index (χ4n) is 2.65. The lowest BCUT2D eigenvalue weighted by Gasteiger charge is -2.13. The molecule has 0 bridgehead atoms. The van der Waals surface area contributed by atoms with Gasteiger partial charge in [0.1, 0.15) is 0 Å². The van der Waals surface area contributed by atoms with Crippen LogP contribution in [0.15, 0.2) is 18.5 Å². The zero-order valence-corrected chi connectivity index (χ0v) is 12.4. The summed E-state index contributed by atoms with van der Waals surface area (Å²) in [7, 11) is 1.64. The fraction of sp³-hybridized carbons (Fsp3) is 0.500. The van der Waals surface area contributed by atoms with E-state index in [9.17, 15) is 5.11 Å². The van der Waals surface area contributed by atoms with Crippen molar-refractivity contribution < 1.29 is 9.84 Å². The summed E-state index contributed by atoms with van der Waals surface area (Å²) in [6, 6.07) is 0.0880. The smallest absolute Gasteiger partial charge is 0.224 e. The summed E-state index contributed by atoms with van der Waals surface area (Å²) in [5.41, 5.74) is 7.15. The largest absolute Gasteiger partial charge is 0.383 e. The summed E-state index contributed by atoms with van der Waals surface area (Å²) in [5.74, 6) is 0.859. The average molecular weight is 303 g/mol. The van der Waals surface area contributed by atoms with Crippen molar-refractivity contribution in [1.29, 1.82) is 0 Å². The van der Waals surface area contributed by atoms with E-state index >= 15 is 0 Å². The first-order valence-corrected chi connectivity index (χ1v) is 7.22. The molecule has 117 valence electrons. The fourth-order valence-corrected chi connectivity index (χ4v) is 2.65. The minimum Gasteiger partial charge on any atom is -0.383 e. The Bertz CT molecular complexity index is 683. The van der Waals surface area contributed by atoms with Crippen LogP contribution in [0.2, 0.25) is 0 Å². The Morgan fingerprint density at radius 1 is 1.45 bits per heavy atom. The highest BCUT2D eigenvalue weighted by atomic mass is 16.5. The number of nitrogens with zero attached hydrogens (tertiary/aromatic N) is 4. The number of hydrogen-bond acceptors (Lipinski definition) is 6. The number of aromatic nitrogens is 4. The van der Waals surface area contributed by atoms with Crippen LogP contribution < -0.4 is 11.1 Å². The van der Waals surface area contributed by atoms with E-state index in [0.717, 1.165) is 6.42 Å². The van der Waals surface area contributed by atoms with Gasteiger partial charge in [0.2, 0.25) is 5.95 Å². The molecule has 0 saturated heterocycles. The SMILES string of the molecule is COCCNc1nc(N)nc2c1ncn2[C@H]1C=C[C@@H](C[O])C1. The van der Waals surface area contributed by atoms with Gasteiger partial charge in [0, 0.05) is 19.6 Å². The van der Waals surface area contributed by atoms with E-state index in [2.05, 4.69) is 20.3 Å². The molecule has 3 rings (SSSR count). The third-order valence-electron chi connectivity index (χ3n) is 3.76. The number of ether oxygens (including phenoxy) is 1. The first kappa shape index (κ1) is 14.7. The van der Waals surface area contributed by atoms with E-state index in [1.165, 1.54) is 0 Å². The number of imidazole rings is 1. The van der Waals surface area contributed by atoms with Crippen LogP contribution in [0.25, 0.3) is 11.2 Å². The summed E-state index contributed by atoms with van der Waals surface area (Å²) in [6.45, 7) is 1.07. The number of fused-ring (bicyclic) bond motifs is 1.